The van der Waals surface area contributed by atoms with Gasteiger partial charge in [-0.15, -0.1) is 0 Å². The maximum Gasteiger partial charge on any atom is 0.434 e. The molecule has 0 fully saturated rings. The molecule has 0 amide bonds. The molecule has 3 aromatic rings. The number of aryl methyl sites for hydroxylation is 1. The first-order valence-corrected chi connectivity index (χ1v) is 7.87. The number of halogens is 3. The van der Waals surface area contributed by atoms with E-state index in [4.69, 9.17) is 0 Å². The van der Waals surface area contributed by atoms with Crippen LogP contribution in [0.3, 0.4) is 0 Å². The van der Waals surface area contributed by atoms with Gasteiger partial charge in [0.25, 0.3) is 10.0 Å². The van der Waals surface area contributed by atoms with Crippen LogP contribution in [0.1, 0.15) is 11.3 Å². The maximum absolute atomic E-state index is 12.9. The van der Waals surface area contributed by atoms with Gasteiger partial charge in [0, 0.05) is 6.20 Å². The number of benzene rings is 1. The normalized spacial score (nSPS) is 12.7. The number of fused-ring (bicyclic) bond motifs is 1. The Balaban J connectivity index is 2.23. The fourth-order valence-corrected chi connectivity index (χ4v) is 3.47. The zero-order valence-corrected chi connectivity index (χ0v) is 12.6. The van der Waals surface area contributed by atoms with Gasteiger partial charge in [-0.3, -0.25) is 0 Å². The standard InChI is InChI=1S/C14H10F3N3O2S/c1-9-2-4-10(5-3-9)23(21,22)20-7-6-11-12(14(15,16)17)18-8-19-13(11)20/h2-8H,1H3. The first-order valence-electron chi connectivity index (χ1n) is 6.43. The topological polar surface area (TPSA) is 64.8 Å². The highest BCUT2D eigenvalue weighted by Crippen LogP contribution is 2.33. The van der Waals surface area contributed by atoms with Crippen LogP contribution in [-0.4, -0.2) is 22.4 Å². The van der Waals surface area contributed by atoms with Gasteiger partial charge in [-0.2, -0.15) is 13.2 Å². The fraction of sp³-hybridized carbons (Fsp3) is 0.143. The highest BCUT2D eigenvalue weighted by Gasteiger charge is 2.36. The highest BCUT2D eigenvalue weighted by molar-refractivity contribution is 7.90. The van der Waals surface area contributed by atoms with Crippen LogP contribution < -0.4 is 0 Å². The lowest BCUT2D eigenvalue weighted by atomic mass is 10.2. The average Bonchev–Trinajstić information content (AvgIpc) is 2.91. The molecule has 0 unspecified atom stereocenters. The molecule has 0 saturated heterocycles. The second kappa shape index (κ2) is 5.05. The zero-order valence-electron chi connectivity index (χ0n) is 11.7. The zero-order chi connectivity index (χ0) is 16.8. The molecule has 0 saturated carbocycles. The molecule has 0 N–H and O–H groups in total. The Kier molecular flexibility index (Phi) is 3.40. The summed E-state index contributed by atoms with van der Waals surface area (Å²) in [5, 5.41) is -0.365. The van der Waals surface area contributed by atoms with Crippen LogP contribution in [0, 0.1) is 6.92 Å². The van der Waals surface area contributed by atoms with Gasteiger partial charge in [0.2, 0.25) is 0 Å². The summed E-state index contributed by atoms with van der Waals surface area (Å²) in [6, 6.07) is 7.04. The Morgan fingerprint density at radius 3 is 2.30 bits per heavy atom. The van der Waals surface area contributed by atoms with Crippen LogP contribution in [-0.2, 0) is 16.2 Å². The van der Waals surface area contributed by atoms with Crippen molar-refractivity contribution in [3.05, 3.63) is 54.1 Å². The predicted octanol–water partition coefficient (Wildman–Crippen LogP) is 3.00. The van der Waals surface area contributed by atoms with E-state index in [1.54, 1.807) is 19.1 Å². The predicted molar refractivity (Wildman–Crippen MR) is 76.3 cm³/mol. The quantitative estimate of drug-likeness (QED) is 0.719. The van der Waals surface area contributed by atoms with Crippen molar-refractivity contribution in [1.82, 2.24) is 13.9 Å². The van der Waals surface area contributed by atoms with E-state index in [-0.39, 0.29) is 15.9 Å². The van der Waals surface area contributed by atoms with E-state index in [0.717, 1.165) is 21.8 Å². The SMILES string of the molecule is Cc1ccc(S(=O)(=O)n2ccc3c(C(F)(F)F)ncnc32)cc1. The lowest BCUT2D eigenvalue weighted by molar-refractivity contribution is -0.139. The van der Waals surface area contributed by atoms with Gasteiger partial charge in [0.05, 0.1) is 10.3 Å². The third-order valence-electron chi connectivity index (χ3n) is 3.29. The number of nitrogens with zero attached hydrogens (tertiary/aromatic N) is 3. The third-order valence-corrected chi connectivity index (χ3v) is 4.97. The summed E-state index contributed by atoms with van der Waals surface area (Å²) in [4.78, 5) is 6.88. The number of rotatable bonds is 2. The smallest absolute Gasteiger partial charge is 0.231 e. The molecule has 1 aromatic carbocycles. The van der Waals surface area contributed by atoms with E-state index >= 15 is 0 Å². The van der Waals surface area contributed by atoms with E-state index in [2.05, 4.69) is 9.97 Å². The molecule has 120 valence electrons. The van der Waals surface area contributed by atoms with Crippen molar-refractivity contribution in [1.29, 1.82) is 0 Å². The van der Waals surface area contributed by atoms with Crippen molar-refractivity contribution in [2.75, 3.05) is 0 Å². The molecule has 0 bridgehead atoms. The van der Waals surface area contributed by atoms with E-state index in [1.165, 1.54) is 12.1 Å². The van der Waals surface area contributed by atoms with Gasteiger partial charge in [-0.25, -0.2) is 22.4 Å². The summed E-state index contributed by atoms with van der Waals surface area (Å²) in [6.45, 7) is 1.80. The minimum Gasteiger partial charge on any atom is -0.231 e. The molecule has 0 aliphatic heterocycles. The first kappa shape index (κ1) is 15.5. The van der Waals surface area contributed by atoms with Crippen LogP contribution in [0.15, 0.2) is 47.8 Å². The van der Waals surface area contributed by atoms with Crippen LogP contribution >= 0.6 is 0 Å². The minimum absolute atomic E-state index is 0.0345. The van der Waals surface area contributed by atoms with Crippen molar-refractivity contribution >= 4 is 21.1 Å². The third kappa shape index (κ3) is 2.56. The Morgan fingerprint density at radius 1 is 1.04 bits per heavy atom. The summed E-state index contributed by atoms with van der Waals surface area (Å²) in [5.74, 6) is 0. The molecule has 0 radical (unpaired) electrons. The lowest BCUT2D eigenvalue weighted by Gasteiger charge is -2.09. The summed E-state index contributed by atoms with van der Waals surface area (Å²) in [7, 11) is -4.04. The minimum atomic E-state index is -4.69. The highest BCUT2D eigenvalue weighted by atomic mass is 32.2. The largest absolute Gasteiger partial charge is 0.434 e. The molecule has 0 spiro atoms. The van der Waals surface area contributed by atoms with Crippen molar-refractivity contribution in [3.8, 4) is 0 Å². The van der Waals surface area contributed by atoms with Crippen molar-refractivity contribution in [3.63, 3.8) is 0 Å². The van der Waals surface area contributed by atoms with Gasteiger partial charge in [-0.1, -0.05) is 17.7 Å². The lowest BCUT2D eigenvalue weighted by Crippen LogP contribution is -2.14. The van der Waals surface area contributed by atoms with Gasteiger partial charge < -0.3 is 0 Å². The van der Waals surface area contributed by atoms with E-state index in [0.29, 0.717) is 6.33 Å². The molecule has 3 rings (SSSR count). The van der Waals surface area contributed by atoms with Crippen LogP contribution in [0.4, 0.5) is 13.2 Å². The van der Waals surface area contributed by atoms with Gasteiger partial charge in [-0.05, 0) is 25.1 Å². The monoisotopic (exact) mass is 341 g/mol. The van der Waals surface area contributed by atoms with Crippen molar-refractivity contribution in [2.45, 2.75) is 18.0 Å². The molecular formula is C14H10F3N3O2S. The van der Waals surface area contributed by atoms with E-state index < -0.39 is 21.9 Å². The summed E-state index contributed by atoms with van der Waals surface area (Å²) >= 11 is 0. The Morgan fingerprint density at radius 2 is 1.70 bits per heavy atom. The summed E-state index contributed by atoms with van der Waals surface area (Å²) < 4.78 is 64.8. The van der Waals surface area contributed by atoms with Crippen LogP contribution in [0.2, 0.25) is 0 Å². The van der Waals surface area contributed by atoms with Crippen molar-refractivity contribution < 1.29 is 21.6 Å². The Labute approximate surface area is 129 Å². The molecule has 5 nitrogen and oxygen atoms in total. The molecule has 0 atom stereocenters. The average molecular weight is 341 g/mol. The Bertz CT molecular complexity index is 977. The molecular weight excluding hydrogens is 331 g/mol. The van der Waals surface area contributed by atoms with Crippen molar-refractivity contribution in [2.24, 2.45) is 0 Å². The van der Waals surface area contributed by atoms with Gasteiger partial charge in [0.1, 0.15) is 6.33 Å². The number of aromatic nitrogens is 3. The second-order valence-electron chi connectivity index (χ2n) is 4.89. The molecule has 0 aliphatic carbocycles. The molecule has 2 heterocycles. The molecule has 0 aliphatic rings. The molecule has 2 aromatic heterocycles. The number of alkyl halides is 3. The summed E-state index contributed by atoms with van der Waals surface area (Å²) in [6.07, 6.45) is -2.95. The van der Waals surface area contributed by atoms with Gasteiger partial charge >= 0.3 is 6.18 Å². The fourth-order valence-electron chi connectivity index (χ4n) is 2.17. The van der Waals surface area contributed by atoms with E-state index in [9.17, 15) is 21.6 Å². The second-order valence-corrected chi connectivity index (χ2v) is 6.70. The summed E-state index contributed by atoms with van der Waals surface area (Å²) in [5.41, 5.74) is -0.615. The van der Waals surface area contributed by atoms with Crippen LogP contribution in [0.25, 0.3) is 11.0 Å². The van der Waals surface area contributed by atoms with E-state index in [1.807, 2.05) is 0 Å². The van der Waals surface area contributed by atoms with Gasteiger partial charge in [0.15, 0.2) is 11.3 Å². The Hall–Kier alpha value is -2.42. The molecule has 9 heteroatoms. The number of hydrogen-bond acceptors (Lipinski definition) is 4. The maximum atomic E-state index is 12.9. The first-order chi connectivity index (χ1) is 10.7. The number of hydrogen-bond donors (Lipinski definition) is 0. The molecule has 23 heavy (non-hydrogen) atoms. The van der Waals surface area contributed by atoms with Crippen LogP contribution in [0.5, 0.6) is 0 Å².